The van der Waals surface area contributed by atoms with Gasteiger partial charge in [-0.15, -0.1) is 0 Å². The molecule has 0 aliphatic rings. The molecule has 0 spiro atoms. The summed E-state index contributed by atoms with van der Waals surface area (Å²) in [5.74, 6) is -0.471. The first-order chi connectivity index (χ1) is 10.3. The highest BCUT2D eigenvalue weighted by Gasteiger charge is 2.44. The van der Waals surface area contributed by atoms with Crippen molar-refractivity contribution >= 4 is 42.3 Å². The first-order valence-electron chi connectivity index (χ1n) is 7.16. The Morgan fingerprint density at radius 3 is 2.55 bits per heavy atom. The van der Waals surface area contributed by atoms with Gasteiger partial charge in [-0.25, -0.2) is 4.79 Å². The molecule has 1 unspecified atom stereocenters. The van der Waals surface area contributed by atoms with Crippen molar-refractivity contribution in [2.24, 2.45) is 0 Å². The quantitative estimate of drug-likeness (QED) is 0.300. The molecule has 0 amide bonds. The summed E-state index contributed by atoms with van der Waals surface area (Å²) in [5, 5.41) is 0.342. The van der Waals surface area contributed by atoms with Crippen molar-refractivity contribution in [2.75, 3.05) is 6.61 Å². The summed E-state index contributed by atoms with van der Waals surface area (Å²) in [7, 11) is -2.87. The Hall–Kier alpha value is -0.700. The van der Waals surface area contributed by atoms with Crippen molar-refractivity contribution in [3.63, 3.8) is 0 Å². The number of ether oxygens (including phenoxy) is 2. The van der Waals surface area contributed by atoms with Crippen molar-refractivity contribution in [2.45, 2.75) is 43.8 Å². The lowest BCUT2D eigenvalue weighted by atomic mass is 10.3. The third kappa shape index (κ3) is 5.19. The van der Waals surface area contributed by atoms with Crippen molar-refractivity contribution in [1.29, 1.82) is 0 Å². The van der Waals surface area contributed by atoms with Crippen LogP contribution in [0.3, 0.4) is 0 Å². The predicted molar refractivity (Wildman–Crippen MR) is 91.1 cm³/mol. The molecule has 1 aromatic rings. The summed E-state index contributed by atoms with van der Waals surface area (Å²) in [5.41, 5.74) is 0. The van der Waals surface area contributed by atoms with E-state index in [1.807, 2.05) is 6.92 Å². The van der Waals surface area contributed by atoms with Crippen LogP contribution in [0.25, 0.3) is 0 Å². The third-order valence-electron chi connectivity index (χ3n) is 2.77. The summed E-state index contributed by atoms with van der Waals surface area (Å²) < 4.78 is 21.2. The molecule has 22 heavy (non-hydrogen) atoms. The van der Waals surface area contributed by atoms with E-state index in [1.165, 1.54) is 0 Å². The molecule has 124 valence electrons. The molecule has 0 fully saturated rings. The van der Waals surface area contributed by atoms with E-state index in [0.29, 0.717) is 17.7 Å². The van der Waals surface area contributed by atoms with E-state index in [0.717, 1.165) is 12.8 Å². The number of alkyl halides is 2. The standard InChI is InChI=1S/C15H21Cl2O4P/c1-4-5-10-20-12-8-6-7-9-13(12)22(19)15(16,17)14(18)21-11(2)3/h6-9,11,22H,4-5,10H2,1-3H3. The topological polar surface area (TPSA) is 52.6 Å². The average molecular weight is 367 g/mol. The van der Waals surface area contributed by atoms with Gasteiger partial charge in [0, 0.05) is 0 Å². The molecular formula is C15H21Cl2O4P. The third-order valence-corrected chi connectivity index (χ3v) is 5.79. The Kier molecular flexibility index (Phi) is 7.75. The maximum absolute atomic E-state index is 12.7. The SMILES string of the molecule is CCCCOc1ccccc1[PH](=O)C(Cl)(Cl)C(=O)OC(C)C. The summed E-state index contributed by atoms with van der Waals surface area (Å²) in [6, 6.07) is 6.74. The fourth-order valence-corrected chi connectivity index (χ4v) is 3.57. The minimum atomic E-state index is -2.87. The highest BCUT2D eigenvalue weighted by molar-refractivity contribution is 7.61. The minimum absolute atomic E-state index is 0.342. The zero-order valence-corrected chi connectivity index (χ0v) is 15.4. The Morgan fingerprint density at radius 1 is 1.32 bits per heavy atom. The molecule has 0 bridgehead atoms. The lowest BCUT2D eigenvalue weighted by Crippen LogP contribution is -2.30. The van der Waals surface area contributed by atoms with Gasteiger partial charge in [0.2, 0.25) is 0 Å². The molecule has 1 atom stereocenters. The molecular weight excluding hydrogens is 346 g/mol. The number of para-hydroxylation sites is 1. The predicted octanol–water partition coefficient (Wildman–Crippen LogP) is 4.13. The number of carbonyl (C=O) groups excluding carboxylic acids is 1. The molecule has 0 N–H and O–H groups in total. The Morgan fingerprint density at radius 2 is 1.95 bits per heavy atom. The van der Waals surface area contributed by atoms with Gasteiger partial charge in [-0.05, 0) is 32.4 Å². The van der Waals surface area contributed by atoms with Crippen molar-refractivity contribution in [1.82, 2.24) is 0 Å². The van der Waals surface area contributed by atoms with Gasteiger partial charge in [0.25, 0.3) is 4.07 Å². The monoisotopic (exact) mass is 366 g/mol. The molecule has 0 heterocycles. The maximum atomic E-state index is 12.7. The molecule has 0 aromatic heterocycles. The summed E-state index contributed by atoms with van der Waals surface area (Å²) in [6.45, 7) is 5.88. The molecule has 0 aliphatic heterocycles. The highest BCUT2D eigenvalue weighted by atomic mass is 35.5. The highest BCUT2D eigenvalue weighted by Crippen LogP contribution is 2.48. The second-order valence-electron chi connectivity index (χ2n) is 5.06. The van der Waals surface area contributed by atoms with Crippen LogP contribution in [0.5, 0.6) is 5.75 Å². The molecule has 1 rings (SSSR count). The minimum Gasteiger partial charge on any atom is -0.493 e. The van der Waals surface area contributed by atoms with E-state index in [9.17, 15) is 9.36 Å². The van der Waals surface area contributed by atoms with Crippen LogP contribution in [0.4, 0.5) is 0 Å². The Bertz CT molecular complexity index is 532. The van der Waals surface area contributed by atoms with Gasteiger partial charge in [-0.3, -0.25) is 0 Å². The normalized spacial score (nSPS) is 13.0. The van der Waals surface area contributed by atoms with Crippen LogP contribution in [0.15, 0.2) is 24.3 Å². The average Bonchev–Trinajstić information content (AvgIpc) is 2.46. The van der Waals surface area contributed by atoms with E-state index < -0.39 is 23.9 Å². The summed E-state index contributed by atoms with van der Waals surface area (Å²) in [4.78, 5) is 12.0. The molecule has 4 nitrogen and oxygen atoms in total. The number of hydrogen-bond donors (Lipinski definition) is 0. The van der Waals surface area contributed by atoms with Gasteiger partial charge in [-0.1, -0.05) is 48.7 Å². The largest absolute Gasteiger partial charge is 0.493 e. The summed E-state index contributed by atoms with van der Waals surface area (Å²) in [6.07, 6.45) is 1.46. The Balaban J connectivity index is 2.98. The summed E-state index contributed by atoms with van der Waals surface area (Å²) >= 11 is 12.0. The number of hydrogen-bond acceptors (Lipinski definition) is 4. The second-order valence-corrected chi connectivity index (χ2v) is 8.96. The van der Waals surface area contributed by atoms with E-state index >= 15 is 0 Å². The lowest BCUT2D eigenvalue weighted by molar-refractivity contribution is -0.146. The first-order valence-corrected chi connectivity index (χ1v) is 9.32. The number of rotatable bonds is 8. The van der Waals surface area contributed by atoms with Gasteiger partial charge in [0.1, 0.15) is 5.75 Å². The van der Waals surface area contributed by atoms with Crippen molar-refractivity contribution in [3.05, 3.63) is 24.3 Å². The van der Waals surface area contributed by atoms with Gasteiger partial charge < -0.3 is 14.0 Å². The lowest BCUT2D eigenvalue weighted by Gasteiger charge is -2.21. The number of carbonyl (C=O) groups is 1. The van der Waals surface area contributed by atoms with Crippen LogP contribution < -0.4 is 10.0 Å². The van der Waals surface area contributed by atoms with Gasteiger partial charge in [-0.2, -0.15) is 0 Å². The molecule has 0 radical (unpaired) electrons. The van der Waals surface area contributed by atoms with Crippen LogP contribution in [0, 0.1) is 0 Å². The van der Waals surface area contributed by atoms with Gasteiger partial charge in [0.15, 0.2) is 7.80 Å². The Labute approximate surface area is 141 Å². The van der Waals surface area contributed by atoms with E-state index in [-0.39, 0.29) is 0 Å². The van der Waals surface area contributed by atoms with E-state index in [4.69, 9.17) is 32.7 Å². The van der Waals surface area contributed by atoms with E-state index in [1.54, 1.807) is 38.1 Å². The number of halogens is 2. The van der Waals surface area contributed by atoms with Crippen LogP contribution in [0.2, 0.25) is 0 Å². The molecule has 1 aromatic carbocycles. The zero-order valence-electron chi connectivity index (χ0n) is 12.9. The molecule has 0 saturated heterocycles. The zero-order chi connectivity index (χ0) is 16.8. The molecule has 0 saturated carbocycles. The van der Waals surface area contributed by atoms with Crippen LogP contribution in [-0.2, 0) is 14.1 Å². The van der Waals surface area contributed by atoms with Gasteiger partial charge in [0.05, 0.1) is 18.0 Å². The first kappa shape index (κ1) is 19.3. The maximum Gasteiger partial charge on any atom is 0.350 e. The molecule has 0 aliphatic carbocycles. The van der Waals surface area contributed by atoms with Crippen LogP contribution in [0.1, 0.15) is 33.6 Å². The van der Waals surface area contributed by atoms with Crippen molar-refractivity contribution < 1.29 is 18.8 Å². The number of unbranched alkanes of at least 4 members (excludes halogenated alkanes) is 1. The smallest absolute Gasteiger partial charge is 0.350 e. The number of esters is 1. The van der Waals surface area contributed by atoms with E-state index in [2.05, 4.69) is 0 Å². The van der Waals surface area contributed by atoms with Crippen molar-refractivity contribution in [3.8, 4) is 5.75 Å². The molecule has 7 heteroatoms. The van der Waals surface area contributed by atoms with Crippen LogP contribution in [-0.4, -0.2) is 22.8 Å². The fourth-order valence-electron chi connectivity index (χ4n) is 1.66. The van der Waals surface area contributed by atoms with Crippen LogP contribution >= 0.6 is 31.0 Å². The fraction of sp³-hybridized carbons (Fsp3) is 0.533. The number of benzene rings is 1. The van der Waals surface area contributed by atoms with Gasteiger partial charge >= 0.3 is 5.97 Å². The second kappa shape index (κ2) is 8.81.